The van der Waals surface area contributed by atoms with E-state index >= 15 is 0 Å². The third-order valence-corrected chi connectivity index (χ3v) is 7.96. The molecular weight excluding hydrogens is 444 g/mol. The first kappa shape index (κ1) is 22.8. The molecule has 0 saturated carbocycles. The number of nitrogens with zero attached hydrogens (tertiary/aromatic N) is 3. The molecule has 164 valence electrons. The summed E-state index contributed by atoms with van der Waals surface area (Å²) in [6.07, 6.45) is 4.08. The first-order valence-electron chi connectivity index (χ1n) is 9.80. The van der Waals surface area contributed by atoms with Crippen molar-refractivity contribution in [2.24, 2.45) is 0 Å². The van der Waals surface area contributed by atoms with Gasteiger partial charge in [0.15, 0.2) is 4.34 Å². The molecule has 3 rings (SSSR count). The third kappa shape index (κ3) is 5.64. The number of anilines is 1. The lowest BCUT2D eigenvalue weighted by Gasteiger charge is -2.22. The highest BCUT2D eigenvalue weighted by Crippen LogP contribution is 2.31. The lowest BCUT2D eigenvalue weighted by Crippen LogP contribution is -2.32. The van der Waals surface area contributed by atoms with E-state index in [9.17, 15) is 13.2 Å². The summed E-state index contributed by atoms with van der Waals surface area (Å²) < 4.78 is 34.3. The van der Waals surface area contributed by atoms with Crippen LogP contribution in [0, 0.1) is 0 Å². The normalized spacial score (nSPS) is 15.1. The van der Waals surface area contributed by atoms with Crippen molar-refractivity contribution in [3.05, 3.63) is 23.8 Å². The number of amides is 1. The third-order valence-electron chi connectivity index (χ3n) is 4.57. The lowest BCUT2D eigenvalue weighted by atomic mass is 10.1. The predicted octanol–water partition coefficient (Wildman–Crippen LogP) is 3.86. The molecule has 1 N–H and O–H groups in total. The zero-order valence-corrected chi connectivity index (χ0v) is 19.7. The van der Waals surface area contributed by atoms with Crippen molar-refractivity contribution in [1.82, 2.24) is 15.1 Å². The summed E-state index contributed by atoms with van der Waals surface area (Å²) in [6.45, 7) is 5.38. The second-order valence-electron chi connectivity index (χ2n) is 7.21. The van der Waals surface area contributed by atoms with Gasteiger partial charge >= 0.3 is 0 Å². The van der Waals surface area contributed by atoms with Crippen LogP contribution in [0.5, 0.6) is 5.75 Å². The molecule has 0 atom stereocenters. The second-order valence-corrected chi connectivity index (χ2v) is 11.7. The Hall–Kier alpha value is -1.85. The van der Waals surface area contributed by atoms with Gasteiger partial charge in [0, 0.05) is 18.3 Å². The molecule has 1 amide bonds. The molecule has 1 aliphatic rings. The molecule has 30 heavy (non-hydrogen) atoms. The number of rotatable bonds is 7. The standard InChI is InChI=1S/C19H26N4O4S3/c1-13(2)28-19-21-20-18(29-19)22-30(25,26)14-8-9-16(27-3)15(12-14)17(24)23-10-6-4-5-7-11-23/h8-9,12-13H,4-7,10-11H2,1-3H3,(H,20,22). The summed E-state index contributed by atoms with van der Waals surface area (Å²) in [7, 11) is -2.46. The molecule has 1 aromatic carbocycles. The van der Waals surface area contributed by atoms with Gasteiger partial charge < -0.3 is 9.64 Å². The second kappa shape index (κ2) is 9.97. The van der Waals surface area contributed by atoms with E-state index < -0.39 is 10.0 Å². The van der Waals surface area contributed by atoms with Crippen molar-refractivity contribution in [2.75, 3.05) is 24.9 Å². The molecule has 0 radical (unpaired) electrons. The van der Waals surface area contributed by atoms with Crippen LogP contribution >= 0.6 is 23.1 Å². The Bertz CT molecular complexity index is 983. The van der Waals surface area contributed by atoms with Crippen molar-refractivity contribution >= 4 is 44.2 Å². The van der Waals surface area contributed by atoms with E-state index in [2.05, 4.69) is 14.9 Å². The predicted molar refractivity (Wildman–Crippen MR) is 119 cm³/mol. The van der Waals surface area contributed by atoms with E-state index in [1.54, 1.807) is 4.90 Å². The number of nitrogens with one attached hydrogen (secondary N) is 1. The van der Waals surface area contributed by atoms with Gasteiger partial charge in [-0.05, 0) is 31.0 Å². The number of benzene rings is 1. The fourth-order valence-electron chi connectivity index (χ4n) is 3.14. The van der Waals surface area contributed by atoms with Gasteiger partial charge in [-0.15, -0.1) is 10.2 Å². The number of sulfonamides is 1. The Morgan fingerprint density at radius 3 is 2.53 bits per heavy atom. The monoisotopic (exact) mass is 470 g/mol. The molecular formula is C19H26N4O4S3. The molecule has 0 spiro atoms. The van der Waals surface area contributed by atoms with Crippen LogP contribution in [0.15, 0.2) is 27.4 Å². The molecule has 2 heterocycles. The van der Waals surface area contributed by atoms with Crippen LogP contribution in [0.25, 0.3) is 0 Å². The molecule has 1 fully saturated rings. The van der Waals surface area contributed by atoms with Crippen molar-refractivity contribution in [3.63, 3.8) is 0 Å². The quantitative estimate of drug-likeness (QED) is 0.613. The van der Waals surface area contributed by atoms with Gasteiger partial charge in [0.25, 0.3) is 15.9 Å². The largest absolute Gasteiger partial charge is 0.496 e. The molecule has 11 heteroatoms. The number of hydrogen-bond acceptors (Lipinski definition) is 8. The molecule has 1 aliphatic heterocycles. The van der Waals surface area contributed by atoms with Gasteiger partial charge in [-0.1, -0.05) is 49.8 Å². The van der Waals surface area contributed by atoms with Crippen molar-refractivity contribution in [2.45, 2.75) is 54.0 Å². The van der Waals surface area contributed by atoms with Crippen LogP contribution in [0.4, 0.5) is 5.13 Å². The maximum Gasteiger partial charge on any atom is 0.263 e. The molecule has 0 unspecified atom stereocenters. The number of carbonyl (C=O) groups excluding carboxylic acids is 1. The smallest absolute Gasteiger partial charge is 0.263 e. The maximum atomic E-state index is 13.1. The number of likely N-dealkylation sites (tertiary alicyclic amines) is 1. The van der Waals surface area contributed by atoms with Crippen molar-refractivity contribution in [3.8, 4) is 5.75 Å². The van der Waals surface area contributed by atoms with Crippen molar-refractivity contribution < 1.29 is 17.9 Å². The van der Waals surface area contributed by atoms with Gasteiger partial charge in [0.05, 0.1) is 17.6 Å². The summed E-state index contributed by atoms with van der Waals surface area (Å²) in [4.78, 5) is 14.8. The minimum absolute atomic E-state index is 0.0188. The lowest BCUT2D eigenvalue weighted by molar-refractivity contribution is 0.0758. The SMILES string of the molecule is COc1ccc(S(=O)(=O)Nc2nnc(SC(C)C)s2)cc1C(=O)N1CCCCCC1. The Balaban J connectivity index is 1.85. The molecule has 0 aliphatic carbocycles. The molecule has 2 aromatic rings. The van der Waals surface area contributed by atoms with Gasteiger partial charge in [-0.25, -0.2) is 8.42 Å². The van der Waals surface area contributed by atoms with E-state index in [0.717, 1.165) is 25.7 Å². The molecule has 8 nitrogen and oxygen atoms in total. The fourth-order valence-corrected chi connectivity index (χ4v) is 6.37. The van der Waals surface area contributed by atoms with E-state index in [1.165, 1.54) is 48.4 Å². The summed E-state index contributed by atoms with van der Waals surface area (Å²) >= 11 is 2.69. The van der Waals surface area contributed by atoms with Gasteiger partial charge in [0.2, 0.25) is 5.13 Å². The first-order chi connectivity index (χ1) is 14.3. The van der Waals surface area contributed by atoms with E-state index in [-0.39, 0.29) is 21.5 Å². The number of thioether (sulfide) groups is 1. The number of aromatic nitrogens is 2. The Kier molecular flexibility index (Phi) is 7.59. The highest BCUT2D eigenvalue weighted by Gasteiger charge is 2.25. The number of ether oxygens (including phenoxy) is 1. The van der Waals surface area contributed by atoms with E-state index in [4.69, 9.17) is 4.74 Å². The van der Waals surface area contributed by atoms with E-state index in [0.29, 0.717) is 28.4 Å². The average Bonchev–Trinajstić information content (AvgIpc) is 2.95. The Morgan fingerprint density at radius 2 is 1.90 bits per heavy atom. The summed E-state index contributed by atoms with van der Waals surface area (Å²) in [6, 6.07) is 4.31. The minimum atomic E-state index is -3.93. The maximum absolute atomic E-state index is 13.1. The number of hydrogen-bond donors (Lipinski definition) is 1. The molecule has 1 aromatic heterocycles. The van der Waals surface area contributed by atoms with Gasteiger partial charge in [0.1, 0.15) is 5.75 Å². The Morgan fingerprint density at radius 1 is 1.20 bits per heavy atom. The summed E-state index contributed by atoms with van der Waals surface area (Å²) in [5, 5.41) is 8.42. The zero-order chi connectivity index (χ0) is 21.7. The van der Waals surface area contributed by atoms with Crippen LogP contribution < -0.4 is 9.46 Å². The van der Waals surface area contributed by atoms with Crippen LogP contribution in [-0.2, 0) is 10.0 Å². The van der Waals surface area contributed by atoms with Crippen LogP contribution in [-0.4, -0.2) is 54.9 Å². The van der Waals surface area contributed by atoms with Crippen LogP contribution in [0.3, 0.4) is 0 Å². The average molecular weight is 471 g/mol. The van der Waals surface area contributed by atoms with E-state index in [1.807, 2.05) is 13.8 Å². The zero-order valence-electron chi connectivity index (χ0n) is 17.3. The van der Waals surface area contributed by atoms with Crippen molar-refractivity contribution in [1.29, 1.82) is 0 Å². The first-order valence-corrected chi connectivity index (χ1v) is 13.0. The van der Waals surface area contributed by atoms with Gasteiger partial charge in [-0.2, -0.15) is 0 Å². The molecule has 1 saturated heterocycles. The highest BCUT2D eigenvalue weighted by atomic mass is 32.2. The number of carbonyl (C=O) groups is 1. The van der Waals surface area contributed by atoms with Gasteiger partial charge in [-0.3, -0.25) is 9.52 Å². The summed E-state index contributed by atoms with van der Waals surface area (Å²) in [5.41, 5.74) is 0.246. The Labute approximate surface area is 185 Å². The van der Waals surface area contributed by atoms with Crippen LogP contribution in [0.1, 0.15) is 49.9 Å². The summed E-state index contributed by atoms with van der Waals surface area (Å²) in [5.74, 6) is 0.145. The minimum Gasteiger partial charge on any atom is -0.496 e. The highest BCUT2D eigenvalue weighted by molar-refractivity contribution is 8.01. The molecule has 0 bridgehead atoms. The number of methoxy groups -OCH3 is 1. The fraction of sp³-hybridized carbons (Fsp3) is 0.526. The van der Waals surface area contributed by atoms with Crippen LogP contribution in [0.2, 0.25) is 0 Å². The topological polar surface area (TPSA) is 101 Å².